The first-order valence-corrected chi connectivity index (χ1v) is 9.13. The lowest BCUT2D eigenvalue weighted by molar-refractivity contribution is -0.121. The normalized spacial score (nSPS) is 29.3. The zero-order valence-corrected chi connectivity index (χ0v) is 14.0. The van der Waals surface area contributed by atoms with Gasteiger partial charge < -0.3 is 5.32 Å². The average molecular weight is 321 g/mol. The zero-order valence-electron chi connectivity index (χ0n) is 13.2. The minimum Gasteiger partial charge on any atom is -0.352 e. The molecule has 0 saturated heterocycles. The van der Waals surface area contributed by atoms with Crippen LogP contribution in [0.25, 0.3) is 0 Å². The van der Waals surface area contributed by atoms with Crippen molar-refractivity contribution in [2.24, 2.45) is 17.8 Å². The van der Waals surface area contributed by atoms with Crippen LogP contribution in [0.1, 0.15) is 39.5 Å². The van der Waals surface area contributed by atoms with E-state index in [1.54, 1.807) is 12.1 Å². The van der Waals surface area contributed by atoms with Crippen LogP contribution in [-0.2, 0) is 4.79 Å². The lowest BCUT2D eigenvalue weighted by Crippen LogP contribution is -2.43. The molecule has 5 atom stereocenters. The van der Waals surface area contributed by atoms with Gasteiger partial charge in [-0.1, -0.05) is 6.42 Å². The highest BCUT2D eigenvalue weighted by Gasteiger charge is 2.42. The molecule has 22 heavy (non-hydrogen) atoms. The molecule has 1 amide bonds. The summed E-state index contributed by atoms with van der Waals surface area (Å²) < 4.78 is 12.9. The maximum Gasteiger partial charge on any atom is 0.233 e. The molecule has 2 aliphatic carbocycles. The quantitative estimate of drug-likeness (QED) is 0.822. The van der Waals surface area contributed by atoms with Crippen molar-refractivity contribution >= 4 is 17.7 Å². The van der Waals surface area contributed by atoms with Gasteiger partial charge in [-0.05, 0) is 75.1 Å². The first kappa shape index (κ1) is 15.9. The molecule has 0 unspecified atom stereocenters. The van der Waals surface area contributed by atoms with Crippen LogP contribution < -0.4 is 5.32 Å². The van der Waals surface area contributed by atoms with E-state index in [9.17, 15) is 9.18 Å². The van der Waals surface area contributed by atoms with Crippen molar-refractivity contribution in [2.45, 2.75) is 55.7 Å². The van der Waals surface area contributed by atoms with E-state index in [0.717, 1.165) is 16.7 Å². The molecule has 0 aromatic heterocycles. The number of nitrogens with one attached hydrogen (secondary N) is 1. The highest BCUT2D eigenvalue weighted by atomic mass is 32.2. The second-order valence-electron chi connectivity index (χ2n) is 6.85. The molecular weight excluding hydrogens is 297 g/mol. The van der Waals surface area contributed by atoms with E-state index < -0.39 is 0 Å². The lowest BCUT2D eigenvalue weighted by atomic mass is 9.84. The zero-order chi connectivity index (χ0) is 15.7. The number of thioether (sulfide) groups is 1. The third-order valence-corrected chi connectivity index (χ3v) is 6.41. The predicted octanol–water partition coefficient (Wildman–Crippen LogP) is 4.25. The first-order valence-electron chi connectivity index (χ1n) is 8.25. The van der Waals surface area contributed by atoms with E-state index in [2.05, 4.69) is 12.2 Å². The second kappa shape index (κ2) is 6.61. The lowest BCUT2D eigenvalue weighted by Gasteiger charge is -2.29. The Kier molecular flexibility index (Phi) is 4.76. The van der Waals surface area contributed by atoms with Gasteiger partial charge >= 0.3 is 0 Å². The summed E-state index contributed by atoms with van der Waals surface area (Å²) in [6.07, 6.45) is 5.38. The van der Waals surface area contributed by atoms with Gasteiger partial charge in [0, 0.05) is 10.9 Å². The molecule has 3 rings (SSSR count). The summed E-state index contributed by atoms with van der Waals surface area (Å²) in [7, 11) is 0. The number of rotatable bonds is 5. The van der Waals surface area contributed by atoms with E-state index in [1.807, 2.05) is 6.92 Å². The molecule has 2 nitrogen and oxygen atoms in total. The Labute approximate surface area is 136 Å². The summed E-state index contributed by atoms with van der Waals surface area (Å²) in [5.41, 5.74) is 0. The third-order valence-electron chi connectivity index (χ3n) is 5.30. The van der Waals surface area contributed by atoms with E-state index in [-0.39, 0.29) is 23.0 Å². The number of hydrogen-bond donors (Lipinski definition) is 1. The average Bonchev–Trinajstić information content (AvgIpc) is 3.12. The number of carbonyl (C=O) groups excluding carboxylic acids is 1. The Hall–Kier alpha value is -1.03. The molecule has 0 aliphatic heterocycles. The Bertz CT molecular complexity index is 532. The topological polar surface area (TPSA) is 29.1 Å². The molecule has 2 saturated carbocycles. The molecule has 2 aliphatic rings. The van der Waals surface area contributed by atoms with Crippen LogP contribution in [0.2, 0.25) is 0 Å². The summed E-state index contributed by atoms with van der Waals surface area (Å²) >= 11 is 1.48. The molecule has 1 N–H and O–H groups in total. The smallest absolute Gasteiger partial charge is 0.233 e. The maximum absolute atomic E-state index is 12.9. The van der Waals surface area contributed by atoms with Crippen LogP contribution in [0.15, 0.2) is 29.2 Å². The van der Waals surface area contributed by atoms with Crippen molar-refractivity contribution in [3.8, 4) is 0 Å². The number of carbonyl (C=O) groups is 1. The van der Waals surface area contributed by atoms with Crippen molar-refractivity contribution in [2.75, 3.05) is 0 Å². The highest BCUT2D eigenvalue weighted by Crippen LogP contribution is 2.49. The van der Waals surface area contributed by atoms with Crippen molar-refractivity contribution < 1.29 is 9.18 Å². The van der Waals surface area contributed by atoms with Gasteiger partial charge in [0.2, 0.25) is 5.91 Å². The fourth-order valence-electron chi connectivity index (χ4n) is 4.13. The Balaban J connectivity index is 1.51. The largest absolute Gasteiger partial charge is 0.352 e. The molecule has 0 spiro atoms. The summed E-state index contributed by atoms with van der Waals surface area (Å²) in [6.45, 7) is 4.06. The maximum atomic E-state index is 12.9. The summed E-state index contributed by atoms with van der Waals surface area (Å²) in [6, 6.07) is 6.58. The van der Waals surface area contributed by atoms with E-state index >= 15 is 0 Å². The molecule has 1 aromatic carbocycles. The van der Waals surface area contributed by atoms with Crippen LogP contribution in [0.5, 0.6) is 0 Å². The van der Waals surface area contributed by atoms with Crippen LogP contribution in [0, 0.1) is 23.6 Å². The number of hydrogen-bond acceptors (Lipinski definition) is 2. The molecule has 0 radical (unpaired) electrons. The van der Waals surface area contributed by atoms with Gasteiger partial charge in [-0.2, -0.15) is 0 Å². The fraction of sp³-hybridized carbons (Fsp3) is 0.611. The van der Waals surface area contributed by atoms with Crippen molar-refractivity contribution in [1.29, 1.82) is 0 Å². The summed E-state index contributed by atoms with van der Waals surface area (Å²) in [5, 5.41) is 3.04. The van der Waals surface area contributed by atoms with Crippen LogP contribution in [0.4, 0.5) is 4.39 Å². The summed E-state index contributed by atoms with van der Waals surface area (Å²) in [5.74, 6) is 2.22. The second-order valence-corrected chi connectivity index (χ2v) is 8.26. The van der Waals surface area contributed by atoms with Gasteiger partial charge in [0.15, 0.2) is 0 Å². The molecule has 2 fully saturated rings. The number of halogens is 1. The Morgan fingerprint density at radius 3 is 2.55 bits per heavy atom. The molecule has 0 heterocycles. The van der Waals surface area contributed by atoms with Gasteiger partial charge in [0.25, 0.3) is 0 Å². The monoisotopic (exact) mass is 321 g/mol. The van der Waals surface area contributed by atoms with Crippen LogP contribution in [-0.4, -0.2) is 17.2 Å². The van der Waals surface area contributed by atoms with Gasteiger partial charge in [-0.3, -0.25) is 4.79 Å². The first-order chi connectivity index (χ1) is 10.5. The van der Waals surface area contributed by atoms with E-state index in [1.165, 1.54) is 49.6 Å². The SMILES string of the molecule is C[C@H](Sc1ccc(F)cc1)C(=O)N[C@@H](C)[C@@H]1C[C@H]2CC[C@H]1C2. The number of amides is 1. The Morgan fingerprint density at radius 2 is 1.95 bits per heavy atom. The van der Waals surface area contributed by atoms with Gasteiger partial charge in [0.1, 0.15) is 5.82 Å². The van der Waals surface area contributed by atoms with Crippen molar-refractivity contribution in [3.05, 3.63) is 30.1 Å². The molecule has 1 aromatic rings. The van der Waals surface area contributed by atoms with E-state index in [0.29, 0.717) is 5.92 Å². The standard InChI is InChI=1S/C18H24FNOS/c1-11(17-10-13-3-4-14(17)9-13)20-18(21)12(2)22-16-7-5-15(19)6-8-16/h5-8,11-14,17H,3-4,9-10H2,1-2H3,(H,20,21)/t11-,12-,13-,14-,17-/m0/s1. The molecule has 4 heteroatoms. The minimum atomic E-state index is -0.244. The number of benzene rings is 1. The fourth-order valence-corrected chi connectivity index (χ4v) is 5.00. The van der Waals surface area contributed by atoms with E-state index in [4.69, 9.17) is 0 Å². The number of fused-ring (bicyclic) bond motifs is 2. The summed E-state index contributed by atoms with van der Waals surface area (Å²) in [4.78, 5) is 13.3. The van der Waals surface area contributed by atoms with Gasteiger partial charge in [-0.25, -0.2) is 4.39 Å². The molecule has 120 valence electrons. The van der Waals surface area contributed by atoms with Crippen molar-refractivity contribution in [1.82, 2.24) is 5.32 Å². The van der Waals surface area contributed by atoms with Gasteiger partial charge in [0.05, 0.1) is 5.25 Å². The third kappa shape index (κ3) is 3.48. The predicted molar refractivity (Wildman–Crippen MR) is 88.3 cm³/mol. The molecular formula is C18H24FNOS. The molecule has 2 bridgehead atoms. The minimum absolute atomic E-state index is 0.0876. The highest BCUT2D eigenvalue weighted by molar-refractivity contribution is 8.00. The van der Waals surface area contributed by atoms with Crippen LogP contribution in [0.3, 0.4) is 0 Å². The van der Waals surface area contributed by atoms with Gasteiger partial charge in [-0.15, -0.1) is 11.8 Å². The van der Waals surface area contributed by atoms with Crippen molar-refractivity contribution in [3.63, 3.8) is 0 Å². The van der Waals surface area contributed by atoms with Crippen LogP contribution >= 0.6 is 11.8 Å². The Morgan fingerprint density at radius 1 is 1.23 bits per heavy atom.